The van der Waals surface area contributed by atoms with Crippen LogP contribution in [0, 0.1) is 5.82 Å². The van der Waals surface area contributed by atoms with Crippen LogP contribution < -0.4 is 10.6 Å². The summed E-state index contributed by atoms with van der Waals surface area (Å²) >= 11 is 0. The van der Waals surface area contributed by atoms with Crippen molar-refractivity contribution in [1.29, 1.82) is 0 Å². The molecule has 2 aromatic carbocycles. The number of anilines is 2. The summed E-state index contributed by atoms with van der Waals surface area (Å²) in [5.41, 5.74) is 1.93. The Kier molecular flexibility index (Phi) is 4.70. The van der Waals surface area contributed by atoms with E-state index in [1.165, 1.54) is 25.1 Å². The van der Waals surface area contributed by atoms with E-state index in [9.17, 15) is 14.0 Å². The standard InChI is InChI=1S/C19H16FN3O2/c1-12(24)22-15-7-8-16(20)17(11-15)23-18(25)10-14-5-2-4-13-6-3-9-21-19(13)14/h2-9,11H,10H2,1H3,(H,22,24)(H,23,25). The minimum Gasteiger partial charge on any atom is -0.326 e. The molecule has 126 valence electrons. The molecule has 1 heterocycles. The molecule has 3 rings (SSSR count). The van der Waals surface area contributed by atoms with Gasteiger partial charge in [0.05, 0.1) is 17.6 Å². The average molecular weight is 337 g/mol. The van der Waals surface area contributed by atoms with Gasteiger partial charge in [-0.1, -0.05) is 24.3 Å². The van der Waals surface area contributed by atoms with E-state index in [4.69, 9.17) is 0 Å². The molecule has 0 bridgehead atoms. The van der Waals surface area contributed by atoms with Crippen LogP contribution in [0.15, 0.2) is 54.7 Å². The molecule has 3 aromatic rings. The highest BCUT2D eigenvalue weighted by Gasteiger charge is 2.11. The second-order valence-electron chi connectivity index (χ2n) is 5.59. The average Bonchev–Trinajstić information content (AvgIpc) is 2.58. The van der Waals surface area contributed by atoms with Crippen molar-refractivity contribution < 1.29 is 14.0 Å². The van der Waals surface area contributed by atoms with Gasteiger partial charge in [0.2, 0.25) is 11.8 Å². The molecule has 0 fully saturated rings. The van der Waals surface area contributed by atoms with Crippen molar-refractivity contribution in [3.63, 3.8) is 0 Å². The molecule has 0 aliphatic heterocycles. The number of nitrogens with zero attached hydrogens (tertiary/aromatic N) is 1. The van der Waals surface area contributed by atoms with Crippen LogP contribution in [0.4, 0.5) is 15.8 Å². The van der Waals surface area contributed by atoms with Crippen LogP contribution in [0.2, 0.25) is 0 Å². The van der Waals surface area contributed by atoms with E-state index < -0.39 is 5.82 Å². The van der Waals surface area contributed by atoms with E-state index in [0.29, 0.717) is 5.69 Å². The molecule has 0 aliphatic carbocycles. The molecule has 6 heteroatoms. The zero-order chi connectivity index (χ0) is 17.8. The third kappa shape index (κ3) is 3.98. The van der Waals surface area contributed by atoms with Crippen molar-refractivity contribution in [2.24, 2.45) is 0 Å². The number of benzene rings is 2. The smallest absolute Gasteiger partial charge is 0.228 e. The molecular weight excluding hydrogens is 321 g/mol. The summed E-state index contributed by atoms with van der Waals surface area (Å²) in [6, 6.07) is 13.3. The first-order valence-electron chi connectivity index (χ1n) is 7.72. The van der Waals surface area contributed by atoms with Crippen LogP contribution in [0.3, 0.4) is 0 Å². The zero-order valence-electron chi connectivity index (χ0n) is 13.5. The van der Waals surface area contributed by atoms with Crippen LogP contribution in [0.1, 0.15) is 12.5 Å². The minimum absolute atomic E-state index is 0.0180. The fourth-order valence-corrected chi connectivity index (χ4v) is 2.58. The number of rotatable bonds is 4. The third-order valence-electron chi connectivity index (χ3n) is 3.63. The summed E-state index contributed by atoms with van der Waals surface area (Å²) in [6.07, 6.45) is 1.73. The van der Waals surface area contributed by atoms with Gasteiger partial charge in [-0.3, -0.25) is 14.6 Å². The molecule has 0 aliphatic rings. The van der Waals surface area contributed by atoms with Crippen molar-refractivity contribution in [2.75, 3.05) is 10.6 Å². The largest absolute Gasteiger partial charge is 0.326 e. The van der Waals surface area contributed by atoms with Gasteiger partial charge < -0.3 is 10.6 Å². The number of pyridine rings is 1. The van der Waals surface area contributed by atoms with Crippen LogP contribution in [0.25, 0.3) is 10.9 Å². The van der Waals surface area contributed by atoms with Gasteiger partial charge in [-0.05, 0) is 29.8 Å². The van der Waals surface area contributed by atoms with Crippen LogP contribution in [0.5, 0.6) is 0 Å². The fraction of sp³-hybridized carbons (Fsp3) is 0.105. The number of fused-ring (bicyclic) bond motifs is 1. The van der Waals surface area contributed by atoms with E-state index in [2.05, 4.69) is 15.6 Å². The Bertz CT molecular complexity index is 951. The summed E-state index contributed by atoms with van der Waals surface area (Å²) in [7, 11) is 0. The second-order valence-corrected chi connectivity index (χ2v) is 5.59. The highest BCUT2D eigenvalue weighted by atomic mass is 19.1. The first-order valence-corrected chi connectivity index (χ1v) is 7.72. The highest BCUT2D eigenvalue weighted by Crippen LogP contribution is 2.21. The summed E-state index contributed by atoms with van der Waals surface area (Å²) < 4.78 is 13.9. The lowest BCUT2D eigenvalue weighted by molar-refractivity contribution is -0.115. The monoisotopic (exact) mass is 337 g/mol. The predicted molar refractivity (Wildman–Crippen MR) is 94.8 cm³/mol. The molecule has 0 unspecified atom stereocenters. The van der Waals surface area contributed by atoms with Gasteiger partial charge in [0.1, 0.15) is 5.82 Å². The van der Waals surface area contributed by atoms with E-state index >= 15 is 0 Å². The van der Waals surface area contributed by atoms with Gasteiger partial charge in [-0.15, -0.1) is 0 Å². The molecule has 0 saturated carbocycles. The second kappa shape index (κ2) is 7.09. The molecule has 2 amide bonds. The number of para-hydroxylation sites is 1. The van der Waals surface area contributed by atoms with E-state index in [1.807, 2.05) is 30.3 Å². The Morgan fingerprint density at radius 3 is 2.68 bits per heavy atom. The van der Waals surface area contributed by atoms with E-state index in [-0.39, 0.29) is 23.9 Å². The lowest BCUT2D eigenvalue weighted by Gasteiger charge is -2.10. The van der Waals surface area contributed by atoms with Gasteiger partial charge in [-0.2, -0.15) is 0 Å². The van der Waals surface area contributed by atoms with Crippen molar-refractivity contribution in [1.82, 2.24) is 4.98 Å². The summed E-state index contributed by atoms with van der Waals surface area (Å²) in [4.78, 5) is 27.7. The van der Waals surface area contributed by atoms with E-state index in [0.717, 1.165) is 16.5 Å². The van der Waals surface area contributed by atoms with Gasteiger partial charge in [0.25, 0.3) is 0 Å². The Balaban J connectivity index is 1.79. The van der Waals surface area contributed by atoms with Crippen LogP contribution in [-0.4, -0.2) is 16.8 Å². The molecule has 0 spiro atoms. The Morgan fingerprint density at radius 2 is 1.88 bits per heavy atom. The molecule has 25 heavy (non-hydrogen) atoms. The van der Waals surface area contributed by atoms with Gasteiger partial charge in [0, 0.05) is 24.2 Å². The number of nitrogens with one attached hydrogen (secondary N) is 2. The zero-order valence-corrected chi connectivity index (χ0v) is 13.5. The SMILES string of the molecule is CC(=O)Nc1ccc(F)c(NC(=O)Cc2cccc3cccnc23)c1. The Labute approximate surface area is 143 Å². The third-order valence-corrected chi connectivity index (χ3v) is 3.63. The molecule has 5 nitrogen and oxygen atoms in total. The summed E-state index contributed by atoms with van der Waals surface area (Å²) in [5, 5.41) is 6.03. The number of carbonyl (C=O) groups is 2. The maximum Gasteiger partial charge on any atom is 0.228 e. The van der Waals surface area contributed by atoms with Crippen LogP contribution >= 0.6 is 0 Å². The minimum atomic E-state index is -0.571. The molecule has 1 aromatic heterocycles. The fourth-order valence-electron chi connectivity index (χ4n) is 2.58. The molecule has 0 radical (unpaired) electrons. The van der Waals surface area contributed by atoms with Gasteiger partial charge >= 0.3 is 0 Å². The number of halogens is 1. The van der Waals surface area contributed by atoms with Crippen molar-refractivity contribution >= 4 is 34.1 Å². The van der Waals surface area contributed by atoms with Crippen molar-refractivity contribution in [2.45, 2.75) is 13.3 Å². The first kappa shape index (κ1) is 16.6. The highest BCUT2D eigenvalue weighted by molar-refractivity contribution is 5.96. The Hall–Kier alpha value is -3.28. The quantitative estimate of drug-likeness (QED) is 0.765. The van der Waals surface area contributed by atoms with Crippen molar-refractivity contribution in [3.8, 4) is 0 Å². The number of aromatic nitrogens is 1. The maximum atomic E-state index is 13.9. The molecule has 0 saturated heterocycles. The van der Waals surface area contributed by atoms with E-state index in [1.54, 1.807) is 6.20 Å². The topological polar surface area (TPSA) is 71.1 Å². The number of hydrogen-bond acceptors (Lipinski definition) is 3. The van der Waals surface area contributed by atoms with Crippen molar-refractivity contribution in [3.05, 3.63) is 66.1 Å². The lowest BCUT2D eigenvalue weighted by Crippen LogP contribution is -2.16. The maximum absolute atomic E-state index is 13.9. The summed E-state index contributed by atoms with van der Waals surface area (Å²) in [6.45, 7) is 1.36. The Morgan fingerprint density at radius 1 is 1.08 bits per heavy atom. The van der Waals surface area contributed by atoms with Gasteiger partial charge in [0.15, 0.2) is 0 Å². The van der Waals surface area contributed by atoms with Crippen LogP contribution in [-0.2, 0) is 16.0 Å². The lowest BCUT2D eigenvalue weighted by atomic mass is 10.1. The first-order chi connectivity index (χ1) is 12.0. The molecular formula is C19H16FN3O2. The van der Waals surface area contributed by atoms with Gasteiger partial charge in [-0.25, -0.2) is 4.39 Å². The predicted octanol–water partition coefficient (Wildman–Crippen LogP) is 3.51. The number of amides is 2. The number of hydrogen-bond donors (Lipinski definition) is 2. The summed E-state index contributed by atoms with van der Waals surface area (Å²) in [5.74, 6) is -1.21. The molecule has 0 atom stereocenters. The number of carbonyl (C=O) groups excluding carboxylic acids is 2. The normalized spacial score (nSPS) is 10.5. The molecule has 2 N–H and O–H groups in total.